The van der Waals surface area contributed by atoms with Crippen LogP contribution in [0.5, 0.6) is 0 Å². The zero-order chi connectivity index (χ0) is 12.1. The highest BCUT2D eigenvalue weighted by Gasteiger charge is 2.03. The molecule has 1 aromatic heterocycles. The van der Waals surface area contributed by atoms with E-state index in [0.717, 1.165) is 29.9 Å². The fraction of sp³-hybridized carbons (Fsp3) is 0.462. The van der Waals surface area contributed by atoms with E-state index in [2.05, 4.69) is 4.98 Å². The van der Waals surface area contributed by atoms with Crippen LogP contribution in [-0.4, -0.2) is 11.5 Å². The quantitative estimate of drug-likeness (QED) is 0.804. The number of rotatable bonds is 6. The Labute approximate surface area is 111 Å². The second-order valence-electron chi connectivity index (χ2n) is 4.17. The number of thiazole rings is 1. The maximum atomic E-state index is 5.96. The van der Waals surface area contributed by atoms with Crippen LogP contribution in [0, 0.1) is 0 Å². The van der Waals surface area contributed by atoms with E-state index in [1.54, 1.807) is 11.3 Å². The number of fused-ring (bicyclic) bond motifs is 1. The van der Waals surface area contributed by atoms with Crippen molar-refractivity contribution >= 4 is 33.2 Å². The Morgan fingerprint density at radius 1 is 1.18 bits per heavy atom. The Kier molecular flexibility index (Phi) is 4.77. The average molecular weight is 269 g/mol. The van der Waals surface area contributed by atoms with Gasteiger partial charge in [0.15, 0.2) is 0 Å². The number of halogens is 1. The SMILES string of the molecule is NCCCCCCc1nc2ccc(Cl)cc2s1. The van der Waals surface area contributed by atoms with Crippen LogP contribution >= 0.6 is 22.9 Å². The van der Waals surface area contributed by atoms with E-state index in [4.69, 9.17) is 17.3 Å². The van der Waals surface area contributed by atoms with Gasteiger partial charge in [-0.3, -0.25) is 0 Å². The van der Waals surface area contributed by atoms with Crippen LogP contribution in [0.4, 0.5) is 0 Å². The molecule has 0 spiro atoms. The van der Waals surface area contributed by atoms with Crippen LogP contribution in [-0.2, 0) is 6.42 Å². The summed E-state index contributed by atoms with van der Waals surface area (Å²) in [6, 6.07) is 5.88. The number of benzene rings is 1. The summed E-state index contributed by atoms with van der Waals surface area (Å²) in [6.45, 7) is 0.805. The molecule has 0 amide bonds. The fourth-order valence-corrected chi connectivity index (χ4v) is 3.11. The molecule has 0 atom stereocenters. The van der Waals surface area contributed by atoms with Gasteiger partial charge in [0.05, 0.1) is 15.2 Å². The summed E-state index contributed by atoms with van der Waals surface area (Å²) in [5, 5.41) is 2.01. The molecule has 17 heavy (non-hydrogen) atoms. The minimum absolute atomic E-state index is 0.788. The van der Waals surface area contributed by atoms with Crippen LogP contribution in [0.15, 0.2) is 18.2 Å². The molecule has 1 aromatic carbocycles. The number of aromatic nitrogens is 1. The summed E-state index contributed by atoms with van der Waals surface area (Å²) in [7, 11) is 0. The molecular formula is C13H17ClN2S. The van der Waals surface area contributed by atoms with E-state index < -0.39 is 0 Å². The van der Waals surface area contributed by atoms with E-state index >= 15 is 0 Å². The molecule has 0 saturated heterocycles. The van der Waals surface area contributed by atoms with Crippen molar-refractivity contribution in [1.82, 2.24) is 4.98 Å². The zero-order valence-electron chi connectivity index (χ0n) is 9.79. The van der Waals surface area contributed by atoms with Gasteiger partial charge in [-0.15, -0.1) is 11.3 Å². The molecule has 92 valence electrons. The third-order valence-electron chi connectivity index (χ3n) is 2.74. The first-order valence-corrected chi connectivity index (χ1v) is 7.24. The van der Waals surface area contributed by atoms with Crippen molar-refractivity contribution in [3.8, 4) is 0 Å². The molecule has 0 aliphatic heterocycles. The number of nitrogens with zero attached hydrogens (tertiary/aromatic N) is 1. The van der Waals surface area contributed by atoms with Crippen LogP contribution in [0.25, 0.3) is 10.2 Å². The van der Waals surface area contributed by atoms with Crippen LogP contribution in [0.3, 0.4) is 0 Å². The topological polar surface area (TPSA) is 38.9 Å². The minimum Gasteiger partial charge on any atom is -0.330 e. The van der Waals surface area contributed by atoms with Gasteiger partial charge in [-0.2, -0.15) is 0 Å². The number of aryl methyl sites for hydroxylation is 1. The van der Waals surface area contributed by atoms with Crippen molar-refractivity contribution in [3.63, 3.8) is 0 Å². The highest BCUT2D eigenvalue weighted by atomic mass is 35.5. The Balaban J connectivity index is 1.91. The predicted octanol–water partition coefficient (Wildman–Crippen LogP) is 4.01. The summed E-state index contributed by atoms with van der Waals surface area (Å²) < 4.78 is 1.19. The van der Waals surface area contributed by atoms with Crippen molar-refractivity contribution in [2.75, 3.05) is 6.54 Å². The molecular weight excluding hydrogens is 252 g/mol. The summed E-state index contributed by atoms with van der Waals surface area (Å²) in [5.74, 6) is 0. The molecule has 2 nitrogen and oxygen atoms in total. The minimum atomic E-state index is 0.788. The number of hydrogen-bond donors (Lipinski definition) is 1. The standard InChI is InChI=1S/C13H17ClN2S/c14-10-6-7-11-12(9-10)17-13(16-11)5-3-1-2-4-8-15/h6-7,9H,1-5,8,15H2. The van der Waals surface area contributed by atoms with Crippen molar-refractivity contribution in [3.05, 3.63) is 28.2 Å². The monoisotopic (exact) mass is 268 g/mol. The largest absolute Gasteiger partial charge is 0.330 e. The Hall–Kier alpha value is -0.640. The lowest BCUT2D eigenvalue weighted by molar-refractivity contribution is 0.646. The zero-order valence-corrected chi connectivity index (χ0v) is 11.4. The van der Waals surface area contributed by atoms with E-state index in [0.29, 0.717) is 0 Å². The van der Waals surface area contributed by atoms with Crippen LogP contribution in [0.1, 0.15) is 30.7 Å². The summed E-state index contributed by atoms with van der Waals surface area (Å²) in [4.78, 5) is 4.61. The second kappa shape index (κ2) is 6.34. The summed E-state index contributed by atoms with van der Waals surface area (Å²) >= 11 is 7.71. The highest BCUT2D eigenvalue weighted by molar-refractivity contribution is 7.18. The van der Waals surface area contributed by atoms with Gasteiger partial charge in [0.1, 0.15) is 0 Å². The van der Waals surface area contributed by atoms with E-state index in [1.807, 2.05) is 18.2 Å². The van der Waals surface area contributed by atoms with Gasteiger partial charge in [0.2, 0.25) is 0 Å². The van der Waals surface area contributed by atoms with Gasteiger partial charge in [-0.1, -0.05) is 24.4 Å². The average Bonchev–Trinajstić information content (AvgIpc) is 2.70. The molecule has 1 heterocycles. The van der Waals surface area contributed by atoms with Crippen molar-refractivity contribution in [2.24, 2.45) is 5.73 Å². The third kappa shape index (κ3) is 3.66. The molecule has 4 heteroatoms. The number of nitrogens with two attached hydrogens (primary N) is 1. The molecule has 2 rings (SSSR count). The van der Waals surface area contributed by atoms with Crippen molar-refractivity contribution in [1.29, 1.82) is 0 Å². The predicted molar refractivity (Wildman–Crippen MR) is 75.9 cm³/mol. The highest BCUT2D eigenvalue weighted by Crippen LogP contribution is 2.26. The van der Waals surface area contributed by atoms with Crippen LogP contribution in [0.2, 0.25) is 5.02 Å². The number of hydrogen-bond acceptors (Lipinski definition) is 3. The Morgan fingerprint density at radius 3 is 2.82 bits per heavy atom. The molecule has 0 radical (unpaired) electrons. The van der Waals surface area contributed by atoms with Gasteiger partial charge < -0.3 is 5.73 Å². The lowest BCUT2D eigenvalue weighted by atomic mass is 10.1. The number of unbranched alkanes of at least 4 members (excludes halogenated alkanes) is 3. The van der Waals surface area contributed by atoms with Crippen molar-refractivity contribution < 1.29 is 0 Å². The van der Waals surface area contributed by atoms with Gasteiger partial charge in [-0.25, -0.2) is 4.98 Å². The molecule has 0 fully saturated rings. The third-order valence-corrected chi connectivity index (χ3v) is 4.05. The lowest BCUT2D eigenvalue weighted by Crippen LogP contribution is -1.97. The smallest absolute Gasteiger partial charge is 0.0938 e. The summed E-state index contributed by atoms with van der Waals surface area (Å²) in [6.07, 6.45) is 5.88. The summed E-state index contributed by atoms with van der Waals surface area (Å²) in [5.41, 5.74) is 6.53. The Morgan fingerprint density at radius 2 is 2.00 bits per heavy atom. The van der Waals surface area contributed by atoms with E-state index in [-0.39, 0.29) is 0 Å². The van der Waals surface area contributed by atoms with E-state index in [1.165, 1.54) is 29.0 Å². The van der Waals surface area contributed by atoms with Gasteiger partial charge in [0.25, 0.3) is 0 Å². The molecule has 0 saturated carbocycles. The fourth-order valence-electron chi connectivity index (χ4n) is 1.83. The molecule has 0 aliphatic rings. The maximum Gasteiger partial charge on any atom is 0.0938 e. The Bertz CT molecular complexity index is 481. The van der Waals surface area contributed by atoms with Gasteiger partial charge in [0, 0.05) is 5.02 Å². The molecule has 2 N–H and O–H groups in total. The van der Waals surface area contributed by atoms with Crippen molar-refractivity contribution in [2.45, 2.75) is 32.1 Å². The van der Waals surface area contributed by atoms with Gasteiger partial charge in [-0.05, 0) is 44.0 Å². The van der Waals surface area contributed by atoms with E-state index in [9.17, 15) is 0 Å². The normalized spacial score (nSPS) is 11.2. The maximum absolute atomic E-state index is 5.96. The first-order chi connectivity index (χ1) is 8.29. The van der Waals surface area contributed by atoms with Gasteiger partial charge >= 0.3 is 0 Å². The molecule has 0 aliphatic carbocycles. The molecule has 0 unspecified atom stereocenters. The first kappa shape index (κ1) is 12.8. The molecule has 2 aromatic rings. The molecule has 0 bridgehead atoms. The van der Waals surface area contributed by atoms with Crippen LogP contribution < -0.4 is 5.73 Å². The second-order valence-corrected chi connectivity index (χ2v) is 5.72. The lowest BCUT2D eigenvalue weighted by Gasteiger charge is -1.97. The first-order valence-electron chi connectivity index (χ1n) is 6.04.